The molecule has 1 rings (SSSR count). The molecular weight excluding hydrogens is 204 g/mol. The second-order valence-electron chi connectivity index (χ2n) is 2.41. The summed E-state index contributed by atoms with van der Waals surface area (Å²) in [4.78, 5) is 10.3. The highest BCUT2D eigenvalue weighted by Gasteiger charge is 2.17. The number of rotatable bonds is 2. The van der Waals surface area contributed by atoms with Crippen LogP contribution >= 0.6 is 12.6 Å². The number of hydrogen-bond donors (Lipinski definition) is 1. The van der Waals surface area contributed by atoms with Crippen LogP contribution in [-0.2, 0) is 0 Å². The molecule has 0 bridgehead atoms. The number of thiol groups is 1. The lowest BCUT2D eigenvalue weighted by Gasteiger charge is -2.03. The molecule has 72 valence electrons. The van der Waals surface area contributed by atoms with Crippen LogP contribution in [0.1, 0.15) is 5.56 Å². The third-order valence-corrected chi connectivity index (χ3v) is 1.98. The van der Waals surface area contributed by atoms with Crippen LogP contribution in [0.2, 0.25) is 0 Å². The number of hydrogen-bond acceptors (Lipinski definition) is 5. The Hall–Kier alpha value is -1.74. The molecule has 0 atom stereocenters. The second-order valence-corrected chi connectivity index (χ2v) is 2.89. The van der Waals surface area contributed by atoms with Crippen LogP contribution < -0.4 is 4.74 Å². The van der Waals surface area contributed by atoms with Crippen LogP contribution in [0.3, 0.4) is 0 Å². The lowest BCUT2D eigenvalue weighted by Crippen LogP contribution is -1.95. The molecule has 0 radical (unpaired) electrons. The molecule has 0 amide bonds. The zero-order valence-electron chi connectivity index (χ0n) is 7.22. The van der Waals surface area contributed by atoms with Gasteiger partial charge >= 0.3 is 5.69 Å². The zero-order chi connectivity index (χ0) is 10.7. The number of methoxy groups -OCH3 is 1. The first-order valence-electron chi connectivity index (χ1n) is 3.55. The molecule has 0 N–H and O–H groups in total. The monoisotopic (exact) mass is 210 g/mol. The number of ether oxygens (including phenoxy) is 1. The normalized spacial score (nSPS) is 9.21. The van der Waals surface area contributed by atoms with E-state index in [4.69, 9.17) is 10.00 Å². The van der Waals surface area contributed by atoms with Gasteiger partial charge in [-0.3, -0.25) is 10.1 Å². The van der Waals surface area contributed by atoms with E-state index < -0.39 is 4.92 Å². The van der Waals surface area contributed by atoms with Crippen molar-refractivity contribution >= 4 is 18.3 Å². The van der Waals surface area contributed by atoms with Crippen molar-refractivity contribution in [1.82, 2.24) is 0 Å². The van der Waals surface area contributed by atoms with Gasteiger partial charge in [0.05, 0.1) is 17.6 Å². The summed E-state index contributed by atoms with van der Waals surface area (Å²) in [5.74, 6) is 0.0963. The molecular formula is C8H6N2O3S. The molecule has 0 aliphatic heterocycles. The minimum Gasteiger partial charge on any atom is -0.490 e. The molecule has 1 aromatic rings. The van der Waals surface area contributed by atoms with Crippen molar-refractivity contribution in [2.24, 2.45) is 0 Å². The standard InChI is InChI=1S/C8H6N2O3S/c1-13-7-3-8(14)5(4-9)2-6(7)10(11)12/h2-3,14H,1H3. The van der Waals surface area contributed by atoms with Gasteiger partial charge in [-0.1, -0.05) is 0 Å². The molecule has 0 spiro atoms. The Morgan fingerprint density at radius 3 is 2.71 bits per heavy atom. The van der Waals surface area contributed by atoms with Gasteiger partial charge in [0.2, 0.25) is 0 Å². The van der Waals surface area contributed by atoms with Gasteiger partial charge in [-0.2, -0.15) is 5.26 Å². The molecule has 14 heavy (non-hydrogen) atoms. The van der Waals surface area contributed by atoms with E-state index in [0.29, 0.717) is 4.90 Å². The van der Waals surface area contributed by atoms with Crippen molar-refractivity contribution in [2.75, 3.05) is 7.11 Å². The Labute approximate surface area is 85.5 Å². The first kappa shape index (κ1) is 10.3. The van der Waals surface area contributed by atoms with Gasteiger partial charge in [-0.25, -0.2) is 0 Å². The van der Waals surface area contributed by atoms with Crippen LogP contribution in [0.5, 0.6) is 5.75 Å². The van der Waals surface area contributed by atoms with Crippen LogP contribution in [0.25, 0.3) is 0 Å². The number of nitro groups is 1. The van der Waals surface area contributed by atoms with E-state index in [1.807, 2.05) is 0 Å². The average Bonchev–Trinajstić information content (AvgIpc) is 2.16. The van der Waals surface area contributed by atoms with Gasteiger partial charge in [0.1, 0.15) is 6.07 Å². The molecule has 0 heterocycles. The SMILES string of the molecule is COc1cc(S)c(C#N)cc1[N+](=O)[O-]. The van der Waals surface area contributed by atoms with Crippen molar-refractivity contribution in [3.63, 3.8) is 0 Å². The lowest BCUT2D eigenvalue weighted by atomic mass is 10.2. The molecule has 0 fully saturated rings. The first-order valence-corrected chi connectivity index (χ1v) is 4.00. The summed E-state index contributed by atoms with van der Waals surface area (Å²) in [5.41, 5.74) is -0.0808. The van der Waals surface area contributed by atoms with Crippen LogP contribution in [0.4, 0.5) is 5.69 Å². The van der Waals surface area contributed by atoms with E-state index in [1.54, 1.807) is 6.07 Å². The predicted octanol–water partition coefficient (Wildman–Crippen LogP) is 1.76. The van der Waals surface area contributed by atoms with Gasteiger partial charge in [-0.05, 0) is 0 Å². The molecule has 0 aromatic heterocycles. The summed E-state index contributed by atoms with van der Waals surface area (Å²) < 4.78 is 4.79. The summed E-state index contributed by atoms with van der Waals surface area (Å²) in [6, 6.07) is 4.29. The van der Waals surface area contributed by atoms with Crippen molar-refractivity contribution in [1.29, 1.82) is 5.26 Å². The summed E-state index contributed by atoms with van der Waals surface area (Å²) in [7, 11) is 1.32. The van der Waals surface area contributed by atoms with Crippen molar-refractivity contribution in [3.8, 4) is 11.8 Å². The predicted molar refractivity (Wildman–Crippen MR) is 51.6 cm³/mol. The van der Waals surface area contributed by atoms with Crippen molar-refractivity contribution in [3.05, 3.63) is 27.8 Å². The molecule has 5 nitrogen and oxygen atoms in total. The maximum Gasteiger partial charge on any atom is 0.312 e. The van der Waals surface area contributed by atoms with E-state index in [0.717, 1.165) is 6.07 Å². The Kier molecular flexibility index (Phi) is 2.94. The molecule has 0 unspecified atom stereocenters. The van der Waals surface area contributed by atoms with Gasteiger partial charge in [0.25, 0.3) is 0 Å². The Morgan fingerprint density at radius 2 is 2.29 bits per heavy atom. The maximum atomic E-state index is 10.6. The Bertz CT molecular complexity index is 425. The lowest BCUT2D eigenvalue weighted by molar-refractivity contribution is -0.385. The fourth-order valence-corrected chi connectivity index (χ4v) is 1.19. The van der Waals surface area contributed by atoms with E-state index in [1.165, 1.54) is 13.2 Å². The molecule has 0 aliphatic rings. The highest BCUT2D eigenvalue weighted by molar-refractivity contribution is 7.80. The number of nitrogens with zero attached hydrogens (tertiary/aromatic N) is 2. The minimum atomic E-state index is -0.604. The highest BCUT2D eigenvalue weighted by Crippen LogP contribution is 2.31. The summed E-state index contributed by atoms with van der Waals surface area (Å²) >= 11 is 3.99. The number of nitriles is 1. The maximum absolute atomic E-state index is 10.6. The number of benzene rings is 1. The first-order chi connectivity index (χ1) is 6.60. The van der Waals surface area contributed by atoms with Crippen LogP contribution in [-0.4, -0.2) is 12.0 Å². The van der Waals surface area contributed by atoms with E-state index >= 15 is 0 Å². The molecule has 0 saturated carbocycles. The number of nitro benzene ring substituents is 1. The van der Waals surface area contributed by atoms with Gasteiger partial charge < -0.3 is 4.74 Å². The quantitative estimate of drug-likeness (QED) is 0.458. The van der Waals surface area contributed by atoms with Crippen LogP contribution in [0.15, 0.2) is 17.0 Å². The van der Waals surface area contributed by atoms with Gasteiger partial charge in [-0.15, -0.1) is 12.6 Å². The fourth-order valence-electron chi connectivity index (χ4n) is 0.953. The van der Waals surface area contributed by atoms with E-state index in [-0.39, 0.29) is 17.0 Å². The molecule has 6 heteroatoms. The Morgan fingerprint density at radius 1 is 1.64 bits per heavy atom. The summed E-state index contributed by atoms with van der Waals surface area (Å²) in [5, 5.41) is 19.2. The topological polar surface area (TPSA) is 76.2 Å². The largest absolute Gasteiger partial charge is 0.490 e. The minimum absolute atomic E-state index is 0.0963. The smallest absolute Gasteiger partial charge is 0.312 e. The Balaban J connectivity index is 3.42. The summed E-state index contributed by atoms with van der Waals surface area (Å²) in [6.07, 6.45) is 0. The fraction of sp³-hybridized carbons (Fsp3) is 0.125. The van der Waals surface area contributed by atoms with Crippen molar-refractivity contribution in [2.45, 2.75) is 4.90 Å². The molecule has 1 aromatic carbocycles. The molecule has 0 aliphatic carbocycles. The van der Waals surface area contributed by atoms with E-state index in [9.17, 15) is 10.1 Å². The highest BCUT2D eigenvalue weighted by atomic mass is 32.1. The third kappa shape index (κ3) is 1.78. The van der Waals surface area contributed by atoms with Gasteiger partial charge in [0, 0.05) is 17.0 Å². The molecule has 0 saturated heterocycles. The van der Waals surface area contributed by atoms with Crippen LogP contribution in [0, 0.1) is 21.4 Å². The van der Waals surface area contributed by atoms with Gasteiger partial charge in [0.15, 0.2) is 5.75 Å². The third-order valence-electron chi connectivity index (χ3n) is 1.61. The van der Waals surface area contributed by atoms with E-state index in [2.05, 4.69) is 12.6 Å². The zero-order valence-corrected chi connectivity index (χ0v) is 8.12. The second kappa shape index (κ2) is 3.98. The van der Waals surface area contributed by atoms with Crippen molar-refractivity contribution < 1.29 is 9.66 Å². The average molecular weight is 210 g/mol. The summed E-state index contributed by atoms with van der Waals surface area (Å²) in [6.45, 7) is 0.